The first-order chi connectivity index (χ1) is 6.56. The summed E-state index contributed by atoms with van der Waals surface area (Å²) < 4.78 is 14.4. The third kappa shape index (κ3) is 2.21. The molecule has 1 unspecified atom stereocenters. The molecule has 0 saturated carbocycles. The van der Waals surface area contributed by atoms with Crippen molar-refractivity contribution < 1.29 is 28.9 Å². The molecule has 1 aliphatic heterocycles. The molecule has 1 rings (SSSR count). The van der Waals surface area contributed by atoms with Crippen LogP contribution >= 0.6 is 0 Å². The fraction of sp³-hybridized carbons (Fsp3) is 0.750. The molecule has 1 atom stereocenters. The van der Waals surface area contributed by atoms with Crippen LogP contribution in [0, 0.1) is 5.92 Å². The minimum Gasteiger partial charge on any atom is -0.480 e. The zero-order valence-corrected chi connectivity index (χ0v) is 7.93. The topological polar surface area (TPSA) is 82.1 Å². The predicted molar refractivity (Wildman–Crippen MR) is 43.2 cm³/mol. The van der Waals surface area contributed by atoms with E-state index in [1.54, 1.807) is 13.8 Å². The van der Waals surface area contributed by atoms with Crippen LogP contribution in [0.15, 0.2) is 0 Å². The Bertz CT molecular complexity index is 232. The van der Waals surface area contributed by atoms with Crippen molar-refractivity contribution in [2.45, 2.75) is 26.4 Å². The van der Waals surface area contributed by atoms with Gasteiger partial charge in [0.2, 0.25) is 5.92 Å². The van der Waals surface area contributed by atoms with Crippen molar-refractivity contribution >= 4 is 11.9 Å². The molecule has 1 fully saturated rings. The van der Waals surface area contributed by atoms with Gasteiger partial charge in [0, 0.05) is 0 Å². The van der Waals surface area contributed by atoms with Crippen molar-refractivity contribution in [1.29, 1.82) is 0 Å². The van der Waals surface area contributed by atoms with Crippen molar-refractivity contribution in [3.8, 4) is 0 Å². The monoisotopic (exact) mass is 204 g/mol. The molecular weight excluding hydrogens is 192 g/mol. The molecule has 0 aromatic carbocycles. The lowest BCUT2D eigenvalue weighted by molar-refractivity contribution is -0.385. The van der Waals surface area contributed by atoms with Gasteiger partial charge in [-0.05, 0) is 13.8 Å². The zero-order chi connectivity index (χ0) is 10.7. The Labute approximate surface area is 80.7 Å². The summed E-state index contributed by atoms with van der Waals surface area (Å²) >= 11 is 0. The summed E-state index contributed by atoms with van der Waals surface area (Å²) in [7, 11) is 0. The molecule has 1 saturated heterocycles. The third-order valence-electron chi connectivity index (χ3n) is 1.73. The Morgan fingerprint density at radius 2 is 2.07 bits per heavy atom. The van der Waals surface area contributed by atoms with Crippen LogP contribution in [0.25, 0.3) is 0 Å². The summed E-state index contributed by atoms with van der Waals surface area (Å²) in [6.45, 7) is 3.34. The third-order valence-corrected chi connectivity index (χ3v) is 1.73. The first kappa shape index (κ1) is 10.9. The summed E-state index contributed by atoms with van der Waals surface area (Å²) in [5.41, 5.74) is 0. The van der Waals surface area contributed by atoms with E-state index >= 15 is 0 Å². The maximum Gasteiger partial charge on any atom is 0.325 e. The molecule has 0 radical (unpaired) electrons. The molecule has 0 bridgehead atoms. The highest BCUT2D eigenvalue weighted by molar-refractivity contribution is 5.94. The first-order valence-corrected chi connectivity index (χ1v) is 4.26. The van der Waals surface area contributed by atoms with Gasteiger partial charge < -0.3 is 19.3 Å². The number of ether oxygens (including phenoxy) is 3. The van der Waals surface area contributed by atoms with Crippen LogP contribution in [0.1, 0.15) is 13.8 Å². The number of carbonyl (C=O) groups is 2. The summed E-state index contributed by atoms with van der Waals surface area (Å²) in [5.74, 6) is -3.54. The van der Waals surface area contributed by atoms with Gasteiger partial charge >= 0.3 is 11.9 Å². The SMILES string of the molecule is CCOC(=O)C(C(=O)O)C1OC(C)O1. The Balaban J connectivity index is 2.56. The first-order valence-electron chi connectivity index (χ1n) is 4.26. The second-order valence-electron chi connectivity index (χ2n) is 2.78. The lowest BCUT2D eigenvalue weighted by Crippen LogP contribution is -2.50. The summed E-state index contributed by atoms with van der Waals surface area (Å²) in [6, 6.07) is 0. The molecular formula is C8H12O6. The Morgan fingerprint density at radius 1 is 1.50 bits per heavy atom. The van der Waals surface area contributed by atoms with Crippen LogP contribution in [0.4, 0.5) is 0 Å². The second-order valence-corrected chi connectivity index (χ2v) is 2.78. The number of rotatable bonds is 4. The van der Waals surface area contributed by atoms with Gasteiger partial charge in [0.25, 0.3) is 0 Å². The van der Waals surface area contributed by atoms with Crippen LogP contribution in [-0.4, -0.2) is 36.2 Å². The standard InChI is InChI=1S/C8H12O6/c1-3-12-7(11)5(6(9)10)8-13-4(2)14-8/h4-5,8H,3H2,1-2H3,(H,9,10). The molecule has 0 amide bonds. The smallest absolute Gasteiger partial charge is 0.325 e. The van der Waals surface area contributed by atoms with E-state index in [4.69, 9.17) is 14.6 Å². The molecule has 0 aromatic heterocycles. The van der Waals surface area contributed by atoms with Crippen LogP contribution in [0.5, 0.6) is 0 Å². The number of carboxylic acid groups (broad SMARTS) is 1. The second kappa shape index (κ2) is 4.39. The van der Waals surface area contributed by atoms with Crippen LogP contribution in [0.2, 0.25) is 0 Å². The predicted octanol–water partition coefficient (Wildman–Crippen LogP) is -0.0308. The number of hydrogen-bond donors (Lipinski definition) is 1. The Kier molecular flexibility index (Phi) is 3.43. The summed E-state index contributed by atoms with van der Waals surface area (Å²) in [4.78, 5) is 21.9. The van der Waals surface area contributed by atoms with E-state index in [0.29, 0.717) is 0 Å². The number of aliphatic carboxylic acids is 1. The number of carboxylic acids is 1. The van der Waals surface area contributed by atoms with E-state index < -0.39 is 30.4 Å². The Morgan fingerprint density at radius 3 is 2.43 bits per heavy atom. The molecule has 0 aliphatic carbocycles. The number of carbonyl (C=O) groups excluding carboxylic acids is 1. The van der Waals surface area contributed by atoms with Crippen LogP contribution < -0.4 is 0 Å². The van der Waals surface area contributed by atoms with Crippen LogP contribution in [0.3, 0.4) is 0 Å². The number of hydrogen-bond acceptors (Lipinski definition) is 5. The van der Waals surface area contributed by atoms with Crippen molar-refractivity contribution in [3.63, 3.8) is 0 Å². The minimum absolute atomic E-state index is 0.130. The van der Waals surface area contributed by atoms with Gasteiger partial charge in [0.05, 0.1) is 6.61 Å². The molecule has 80 valence electrons. The van der Waals surface area contributed by atoms with Gasteiger partial charge in [-0.15, -0.1) is 0 Å². The molecule has 0 aromatic rings. The van der Waals surface area contributed by atoms with Gasteiger partial charge in [-0.1, -0.05) is 0 Å². The zero-order valence-electron chi connectivity index (χ0n) is 7.93. The van der Waals surface area contributed by atoms with Gasteiger partial charge in [0.15, 0.2) is 12.6 Å². The molecule has 6 nitrogen and oxygen atoms in total. The van der Waals surface area contributed by atoms with Gasteiger partial charge in [-0.25, -0.2) is 0 Å². The van der Waals surface area contributed by atoms with Gasteiger partial charge in [-0.3, -0.25) is 9.59 Å². The lowest BCUT2D eigenvalue weighted by Gasteiger charge is -2.35. The highest BCUT2D eigenvalue weighted by Gasteiger charge is 2.44. The van der Waals surface area contributed by atoms with Crippen molar-refractivity contribution in [3.05, 3.63) is 0 Å². The van der Waals surface area contributed by atoms with E-state index in [9.17, 15) is 9.59 Å². The van der Waals surface area contributed by atoms with E-state index in [1.807, 2.05) is 0 Å². The quantitative estimate of drug-likeness (QED) is 0.511. The van der Waals surface area contributed by atoms with E-state index in [1.165, 1.54) is 0 Å². The maximum absolute atomic E-state index is 11.2. The highest BCUT2D eigenvalue weighted by Crippen LogP contribution is 2.24. The minimum atomic E-state index is -1.40. The van der Waals surface area contributed by atoms with Crippen molar-refractivity contribution in [1.82, 2.24) is 0 Å². The average Bonchev–Trinajstić information content (AvgIpc) is 2.01. The average molecular weight is 204 g/mol. The molecule has 0 spiro atoms. The van der Waals surface area contributed by atoms with Gasteiger partial charge in [0.1, 0.15) is 0 Å². The fourth-order valence-corrected chi connectivity index (χ4v) is 1.11. The molecule has 6 heteroatoms. The molecule has 1 N–H and O–H groups in total. The van der Waals surface area contributed by atoms with E-state index in [2.05, 4.69) is 4.74 Å². The lowest BCUT2D eigenvalue weighted by atomic mass is 10.1. The molecule has 1 aliphatic rings. The van der Waals surface area contributed by atoms with Crippen molar-refractivity contribution in [2.24, 2.45) is 5.92 Å². The number of esters is 1. The van der Waals surface area contributed by atoms with E-state index in [0.717, 1.165) is 0 Å². The summed E-state index contributed by atoms with van der Waals surface area (Å²) in [6.07, 6.45) is -1.49. The van der Waals surface area contributed by atoms with Gasteiger partial charge in [-0.2, -0.15) is 0 Å². The normalized spacial score (nSPS) is 27.6. The maximum atomic E-state index is 11.2. The van der Waals surface area contributed by atoms with Crippen LogP contribution in [-0.2, 0) is 23.8 Å². The highest BCUT2D eigenvalue weighted by atomic mass is 16.9. The van der Waals surface area contributed by atoms with E-state index in [-0.39, 0.29) is 6.61 Å². The largest absolute Gasteiger partial charge is 0.480 e. The van der Waals surface area contributed by atoms with Crippen molar-refractivity contribution in [2.75, 3.05) is 6.61 Å². The Hall–Kier alpha value is -1.14. The molecule has 1 heterocycles. The molecule has 14 heavy (non-hydrogen) atoms. The summed E-state index contributed by atoms with van der Waals surface area (Å²) in [5, 5.41) is 8.73. The fourth-order valence-electron chi connectivity index (χ4n) is 1.11.